The first kappa shape index (κ1) is 14.5. The molecule has 1 aromatic rings. The number of amides is 1. The summed E-state index contributed by atoms with van der Waals surface area (Å²) < 4.78 is 5.29. The smallest absolute Gasteiger partial charge is 0.335 e. The van der Waals surface area contributed by atoms with Crippen molar-refractivity contribution in [1.82, 2.24) is 5.32 Å². The van der Waals surface area contributed by atoms with Crippen LogP contribution in [0.3, 0.4) is 0 Å². The first-order valence-corrected chi connectivity index (χ1v) is 6.84. The van der Waals surface area contributed by atoms with Gasteiger partial charge in [-0.1, -0.05) is 12.1 Å². The maximum Gasteiger partial charge on any atom is 0.335 e. The summed E-state index contributed by atoms with van der Waals surface area (Å²) in [6.07, 6.45) is 2.52. The molecule has 1 atom stereocenters. The molecule has 1 aromatic carbocycles. The van der Waals surface area contributed by atoms with Gasteiger partial charge in [-0.2, -0.15) is 0 Å². The van der Waals surface area contributed by atoms with Gasteiger partial charge < -0.3 is 15.2 Å². The summed E-state index contributed by atoms with van der Waals surface area (Å²) in [6.45, 7) is 1.82. The Hall–Kier alpha value is -1.88. The van der Waals surface area contributed by atoms with Crippen molar-refractivity contribution in [2.45, 2.75) is 19.3 Å². The second-order valence-corrected chi connectivity index (χ2v) is 4.96. The third-order valence-corrected chi connectivity index (χ3v) is 3.44. The highest BCUT2D eigenvalue weighted by Gasteiger charge is 2.21. The largest absolute Gasteiger partial charge is 0.478 e. The first-order valence-electron chi connectivity index (χ1n) is 6.84. The molecule has 0 saturated carbocycles. The Morgan fingerprint density at radius 1 is 1.30 bits per heavy atom. The number of rotatable bonds is 5. The molecule has 5 heteroatoms. The van der Waals surface area contributed by atoms with Gasteiger partial charge in [-0.3, -0.25) is 4.79 Å². The Bertz CT molecular complexity index is 463. The third-order valence-electron chi connectivity index (χ3n) is 3.44. The summed E-state index contributed by atoms with van der Waals surface area (Å²) in [5.74, 6) is -0.910. The zero-order chi connectivity index (χ0) is 14.4. The Balaban J connectivity index is 1.74. The predicted octanol–water partition coefficient (Wildman–Crippen LogP) is 1.47. The summed E-state index contributed by atoms with van der Waals surface area (Å²) in [6, 6.07) is 6.71. The fraction of sp³-hybridized carbons (Fsp3) is 0.467. The van der Waals surface area contributed by atoms with E-state index in [2.05, 4.69) is 5.32 Å². The van der Waals surface area contributed by atoms with Crippen molar-refractivity contribution in [3.05, 3.63) is 35.4 Å². The number of carboxylic acids is 1. The molecule has 5 nitrogen and oxygen atoms in total. The molecule has 1 unspecified atom stereocenters. The van der Waals surface area contributed by atoms with Crippen molar-refractivity contribution in [3.63, 3.8) is 0 Å². The number of ether oxygens (including phenoxy) is 1. The maximum atomic E-state index is 11.9. The van der Waals surface area contributed by atoms with Crippen LogP contribution in [-0.2, 0) is 16.0 Å². The lowest BCUT2D eigenvalue weighted by Crippen LogP contribution is -2.36. The lowest BCUT2D eigenvalue weighted by atomic mass is 10.0. The molecule has 1 aliphatic rings. The number of nitrogens with one attached hydrogen (secondary N) is 1. The highest BCUT2D eigenvalue weighted by atomic mass is 16.5. The van der Waals surface area contributed by atoms with Gasteiger partial charge >= 0.3 is 5.97 Å². The normalized spacial score (nSPS) is 18.5. The number of aromatic carboxylic acids is 1. The molecule has 0 aromatic heterocycles. The Kier molecular flexibility index (Phi) is 5.12. The second kappa shape index (κ2) is 7.05. The molecule has 2 N–H and O–H groups in total. The number of hydrogen-bond acceptors (Lipinski definition) is 3. The lowest BCUT2D eigenvalue weighted by molar-refractivity contribution is -0.128. The van der Waals surface area contributed by atoms with Crippen LogP contribution < -0.4 is 5.32 Å². The number of carbonyl (C=O) groups excluding carboxylic acids is 1. The summed E-state index contributed by atoms with van der Waals surface area (Å²) in [5, 5.41) is 11.7. The predicted molar refractivity (Wildman–Crippen MR) is 73.7 cm³/mol. The van der Waals surface area contributed by atoms with Crippen LogP contribution in [0.5, 0.6) is 0 Å². The minimum Gasteiger partial charge on any atom is -0.478 e. The van der Waals surface area contributed by atoms with Crippen LogP contribution in [0.4, 0.5) is 0 Å². The van der Waals surface area contributed by atoms with Crippen LogP contribution in [0.25, 0.3) is 0 Å². The molecule has 0 bridgehead atoms. The molecule has 0 radical (unpaired) electrons. The number of hydrogen-bond donors (Lipinski definition) is 2. The van der Waals surface area contributed by atoms with Crippen molar-refractivity contribution in [1.29, 1.82) is 0 Å². The van der Waals surface area contributed by atoms with Gasteiger partial charge in [0, 0.05) is 13.2 Å². The fourth-order valence-electron chi connectivity index (χ4n) is 2.24. The molecular weight excluding hydrogens is 258 g/mol. The van der Waals surface area contributed by atoms with E-state index in [-0.39, 0.29) is 17.4 Å². The molecule has 2 rings (SSSR count). The number of carboxylic acid groups (broad SMARTS) is 1. The molecule has 0 aliphatic carbocycles. The lowest BCUT2D eigenvalue weighted by Gasteiger charge is -2.21. The Morgan fingerprint density at radius 2 is 2.05 bits per heavy atom. The van der Waals surface area contributed by atoms with E-state index in [1.165, 1.54) is 0 Å². The molecule has 1 aliphatic heterocycles. The van der Waals surface area contributed by atoms with Gasteiger partial charge in [-0.15, -0.1) is 0 Å². The van der Waals surface area contributed by atoms with E-state index >= 15 is 0 Å². The van der Waals surface area contributed by atoms with E-state index in [0.29, 0.717) is 19.6 Å². The van der Waals surface area contributed by atoms with Crippen LogP contribution in [-0.4, -0.2) is 36.7 Å². The van der Waals surface area contributed by atoms with Crippen LogP contribution in [0.2, 0.25) is 0 Å². The van der Waals surface area contributed by atoms with Gasteiger partial charge in [0.25, 0.3) is 0 Å². The van der Waals surface area contributed by atoms with E-state index in [0.717, 1.165) is 25.0 Å². The number of carbonyl (C=O) groups is 2. The van der Waals surface area contributed by atoms with Crippen LogP contribution >= 0.6 is 0 Å². The Morgan fingerprint density at radius 3 is 2.65 bits per heavy atom. The SMILES string of the molecule is O=C(O)c1ccc(CCNC(=O)C2CCCOC2)cc1. The van der Waals surface area contributed by atoms with E-state index in [9.17, 15) is 9.59 Å². The van der Waals surface area contributed by atoms with Gasteiger partial charge in [-0.05, 0) is 37.0 Å². The summed E-state index contributed by atoms with van der Waals surface area (Å²) in [7, 11) is 0. The van der Waals surface area contributed by atoms with Crippen molar-refractivity contribution in [3.8, 4) is 0 Å². The van der Waals surface area contributed by atoms with Crippen molar-refractivity contribution < 1.29 is 19.4 Å². The molecule has 20 heavy (non-hydrogen) atoms. The summed E-state index contributed by atoms with van der Waals surface area (Å²) in [4.78, 5) is 22.6. The zero-order valence-electron chi connectivity index (χ0n) is 11.3. The van der Waals surface area contributed by atoms with E-state index in [4.69, 9.17) is 9.84 Å². The van der Waals surface area contributed by atoms with Crippen molar-refractivity contribution in [2.75, 3.05) is 19.8 Å². The van der Waals surface area contributed by atoms with E-state index < -0.39 is 5.97 Å². The topological polar surface area (TPSA) is 75.6 Å². The van der Waals surface area contributed by atoms with E-state index in [1.54, 1.807) is 24.3 Å². The minimum atomic E-state index is -0.929. The molecule has 1 fully saturated rings. The van der Waals surface area contributed by atoms with Crippen molar-refractivity contribution >= 4 is 11.9 Å². The Labute approximate surface area is 117 Å². The summed E-state index contributed by atoms with van der Waals surface area (Å²) >= 11 is 0. The molecule has 0 spiro atoms. The molecule has 1 heterocycles. The van der Waals surface area contributed by atoms with Gasteiger partial charge in [-0.25, -0.2) is 4.79 Å². The average Bonchev–Trinajstić information content (AvgIpc) is 2.48. The highest BCUT2D eigenvalue weighted by Crippen LogP contribution is 2.13. The molecule has 108 valence electrons. The third kappa shape index (κ3) is 4.06. The quantitative estimate of drug-likeness (QED) is 0.854. The highest BCUT2D eigenvalue weighted by molar-refractivity contribution is 5.87. The van der Waals surface area contributed by atoms with Crippen molar-refractivity contribution in [2.24, 2.45) is 5.92 Å². The van der Waals surface area contributed by atoms with Crippen LogP contribution in [0, 0.1) is 5.92 Å². The monoisotopic (exact) mass is 277 g/mol. The molecular formula is C15H19NO4. The van der Waals surface area contributed by atoms with Crippen LogP contribution in [0.15, 0.2) is 24.3 Å². The standard InChI is InChI=1S/C15H19NO4/c17-14(13-2-1-9-20-10-13)16-8-7-11-3-5-12(6-4-11)15(18)19/h3-6,13H,1-2,7-10H2,(H,16,17)(H,18,19). The van der Waals surface area contributed by atoms with Gasteiger partial charge in [0.05, 0.1) is 18.1 Å². The average molecular weight is 277 g/mol. The first-order chi connectivity index (χ1) is 9.66. The number of benzene rings is 1. The molecule has 1 amide bonds. The van der Waals surface area contributed by atoms with Gasteiger partial charge in [0.1, 0.15) is 0 Å². The minimum absolute atomic E-state index is 0.0295. The second-order valence-electron chi connectivity index (χ2n) is 4.96. The molecule has 1 saturated heterocycles. The van der Waals surface area contributed by atoms with E-state index in [1.807, 2.05) is 0 Å². The summed E-state index contributed by atoms with van der Waals surface area (Å²) in [5.41, 5.74) is 1.28. The maximum absolute atomic E-state index is 11.9. The zero-order valence-corrected chi connectivity index (χ0v) is 11.3. The fourth-order valence-corrected chi connectivity index (χ4v) is 2.24. The van der Waals surface area contributed by atoms with Gasteiger partial charge in [0.2, 0.25) is 5.91 Å². The van der Waals surface area contributed by atoms with Crippen LogP contribution in [0.1, 0.15) is 28.8 Å². The van der Waals surface area contributed by atoms with Gasteiger partial charge in [0.15, 0.2) is 0 Å².